The second kappa shape index (κ2) is 5.70. The number of hydrogen-bond donors (Lipinski definition) is 0. The maximum absolute atomic E-state index is 12.5. The van der Waals surface area contributed by atoms with Crippen LogP contribution in [0, 0.1) is 0 Å². The van der Waals surface area contributed by atoms with Crippen LogP contribution in [-0.2, 0) is 12.6 Å². The van der Waals surface area contributed by atoms with Gasteiger partial charge in [-0.25, -0.2) is 0 Å². The molecule has 0 aromatic heterocycles. The predicted molar refractivity (Wildman–Crippen MR) is 71.4 cm³/mol. The second-order valence-electron chi connectivity index (χ2n) is 4.09. The summed E-state index contributed by atoms with van der Waals surface area (Å²) >= 11 is 1.49. The van der Waals surface area contributed by atoms with E-state index in [4.69, 9.17) is 0 Å². The highest BCUT2D eigenvalue weighted by Crippen LogP contribution is 2.34. The third kappa shape index (κ3) is 3.53. The van der Waals surface area contributed by atoms with Gasteiger partial charge in [0.2, 0.25) is 0 Å². The molecule has 0 aliphatic carbocycles. The van der Waals surface area contributed by atoms with Crippen LogP contribution in [0.2, 0.25) is 0 Å². The normalized spacial score (nSPS) is 11.6. The first kappa shape index (κ1) is 14.0. The lowest BCUT2D eigenvalue weighted by Crippen LogP contribution is -2.03. The Labute approximate surface area is 114 Å². The van der Waals surface area contributed by atoms with Gasteiger partial charge < -0.3 is 0 Å². The van der Waals surface area contributed by atoms with Gasteiger partial charge in [0.15, 0.2) is 0 Å². The molecule has 2 aromatic rings. The van der Waals surface area contributed by atoms with E-state index in [-0.39, 0.29) is 0 Å². The summed E-state index contributed by atoms with van der Waals surface area (Å²) in [6, 6.07) is 13.2. The van der Waals surface area contributed by atoms with Crippen molar-refractivity contribution in [2.45, 2.75) is 29.3 Å². The lowest BCUT2D eigenvalue weighted by molar-refractivity contribution is -0.137. The summed E-state index contributed by atoms with van der Waals surface area (Å²) in [6.07, 6.45) is -3.37. The maximum Gasteiger partial charge on any atom is 0.416 e. The third-order valence-corrected chi connectivity index (χ3v) is 3.89. The first-order valence-corrected chi connectivity index (χ1v) is 6.75. The first-order valence-electron chi connectivity index (χ1n) is 5.93. The molecule has 0 aliphatic heterocycles. The van der Waals surface area contributed by atoms with E-state index in [2.05, 4.69) is 6.92 Å². The van der Waals surface area contributed by atoms with Crippen molar-refractivity contribution >= 4 is 11.8 Å². The molecule has 2 rings (SSSR count). The van der Waals surface area contributed by atoms with Crippen LogP contribution in [0.3, 0.4) is 0 Å². The van der Waals surface area contributed by atoms with Gasteiger partial charge in [-0.15, -0.1) is 0 Å². The van der Waals surface area contributed by atoms with Gasteiger partial charge in [-0.2, -0.15) is 13.2 Å². The van der Waals surface area contributed by atoms with Gasteiger partial charge >= 0.3 is 6.18 Å². The molecule has 0 radical (unpaired) electrons. The number of alkyl halides is 3. The van der Waals surface area contributed by atoms with Crippen LogP contribution in [0.15, 0.2) is 58.3 Å². The van der Waals surface area contributed by atoms with Crippen molar-refractivity contribution in [3.05, 3.63) is 59.7 Å². The molecular formula is C15H13F3S. The van der Waals surface area contributed by atoms with Gasteiger partial charge in [-0.05, 0) is 42.3 Å². The van der Waals surface area contributed by atoms with Gasteiger partial charge in [0, 0.05) is 9.79 Å². The largest absolute Gasteiger partial charge is 0.416 e. The van der Waals surface area contributed by atoms with E-state index in [1.807, 2.05) is 24.3 Å². The lowest BCUT2D eigenvalue weighted by atomic mass is 10.2. The molecule has 0 saturated carbocycles. The molecule has 0 saturated heterocycles. The fourth-order valence-electron chi connectivity index (χ4n) is 1.73. The van der Waals surface area contributed by atoms with E-state index in [0.29, 0.717) is 0 Å². The monoisotopic (exact) mass is 282 g/mol. The SMILES string of the molecule is CCc1ccccc1Sc1ccc(C(F)(F)F)cc1. The Kier molecular flexibility index (Phi) is 4.20. The Bertz CT molecular complexity index is 544. The summed E-state index contributed by atoms with van der Waals surface area (Å²) in [5.74, 6) is 0. The molecule has 4 heteroatoms. The number of benzene rings is 2. The molecule has 0 bridgehead atoms. The van der Waals surface area contributed by atoms with Crippen LogP contribution >= 0.6 is 11.8 Å². The Morgan fingerprint density at radius 1 is 0.947 bits per heavy atom. The summed E-state index contributed by atoms with van der Waals surface area (Å²) < 4.78 is 37.4. The molecule has 0 spiro atoms. The fourth-order valence-corrected chi connectivity index (χ4v) is 2.75. The number of halogens is 3. The summed E-state index contributed by atoms with van der Waals surface area (Å²) in [6.45, 7) is 2.06. The maximum atomic E-state index is 12.5. The topological polar surface area (TPSA) is 0 Å². The molecule has 2 aromatic carbocycles. The van der Waals surface area contributed by atoms with E-state index in [0.717, 1.165) is 28.3 Å². The van der Waals surface area contributed by atoms with Crippen molar-refractivity contribution in [2.75, 3.05) is 0 Å². The van der Waals surface area contributed by atoms with Gasteiger partial charge in [0.1, 0.15) is 0 Å². The number of rotatable bonds is 3. The summed E-state index contributed by atoms with van der Waals surface area (Å²) in [4.78, 5) is 1.90. The Hall–Kier alpha value is -1.42. The van der Waals surface area contributed by atoms with Crippen molar-refractivity contribution in [1.29, 1.82) is 0 Å². The third-order valence-electron chi connectivity index (χ3n) is 2.76. The zero-order valence-electron chi connectivity index (χ0n) is 10.4. The van der Waals surface area contributed by atoms with Crippen LogP contribution < -0.4 is 0 Å². The predicted octanol–water partition coefficient (Wildman–Crippen LogP) is 5.42. The van der Waals surface area contributed by atoms with Gasteiger partial charge in [-0.1, -0.05) is 36.9 Å². The average molecular weight is 282 g/mol. The summed E-state index contributed by atoms with van der Waals surface area (Å²) in [7, 11) is 0. The second-order valence-corrected chi connectivity index (χ2v) is 5.20. The highest BCUT2D eigenvalue weighted by Gasteiger charge is 2.29. The van der Waals surface area contributed by atoms with Crippen molar-refractivity contribution < 1.29 is 13.2 Å². The zero-order chi connectivity index (χ0) is 13.9. The van der Waals surface area contributed by atoms with Crippen molar-refractivity contribution in [1.82, 2.24) is 0 Å². The van der Waals surface area contributed by atoms with Crippen molar-refractivity contribution in [3.8, 4) is 0 Å². The molecule has 0 aliphatic rings. The van der Waals surface area contributed by atoms with Crippen LogP contribution in [0.1, 0.15) is 18.1 Å². The number of aryl methyl sites for hydroxylation is 1. The molecule has 100 valence electrons. The standard InChI is InChI=1S/C15H13F3S/c1-2-11-5-3-4-6-14(11)19-13-9-7-12(8-10-13)15(16,17)18/h3-10H,2H2,1H3. The van der Waals surface area contributed by atoms with E-state index in [1.54, 1.807) is 0 Å². The van der Waals surface area contributed by atoms with Crippen LogP contribution in [0.4, 0.5) is 13.2 Å². The summed E-state index contributed by atoms with van der Waals surface area (Å²) in [5.41, 5.74) is 0.591. The van der Waals surface area contributed by atoms with Crippen LogP contribution in [-0.4, -0.2) is 0 Å². The fraction of sp³-hybridized carbons (Fsp3) is 0.200. The Morgan fingerprint density at radius 3 is 2.16 bits per heavy atom. The quantitative estimate of drug-likeness (QED) is 0.724. The molecule has 0 atom stereocenters. The molecule has 0 heterocycles. The van der Waals surface area contributed by atoms with E-state index < -0.39 is 11.7 Å². The van der Waals surface area contributed by atoms with Gasteiger partial charge in [0.05, 0.1) is 5.56 Å². The van der Waals surface area contributed by atoms with E-state index >= 15 is 0 Å². The van der Waals surface area contributed by atoms with E-state index in [1.165, 1.54) is 29.5 Å². The minimum absolute atomic E-state index is 0.611. The molecule has 0 unspecified atom stereocenters. The van der Waals surface area contributed by atoms with Crippen molar-refractivity contribution in [3.63, 3.8) is 0 Å². The highest BCUT2D eigenvalue weighted by atomic mass is 32.2. The molecular weight excluding hydrogens is 269 g/mol. The molecule has 0 fully saturated rings. The molecule has 0 N–H and O–H groups in total. The lowest BCUT2D eigenvalue weighted by Gasteiger charge is -2.09. The molecule has 0 amide bonds. The molecule has 19 heavy (non-hydrogen) atoms. The Morgan fingerprint density at radius 2 is 1.58 bits per heavy atom. The van der Waals surface area contributed by atoms with Gasteiger partial charge in [-0.3, -0.25) is 0 Å². The smallest absolute Gasteiger partial charge is 0.166 e. The average Bonchev–Trinajstić information content (AvgIpc) is 2.39. The van der Waals surface area contributed by atoms with Gasteiger partial charge in [0.25, 0.3) is 0 Å². The van der Waals surface area contributed by atoms with Crippen molar-refractivity contribution in [2.24, 2.45) is 0 Å². The minimum atomic E-state index is -4.27. The Balaban J connectivity index is 2.20. The van der Waals surface area contributed by atoms with Crippen LogP contribution in [0.5, 0.6) is 0 Å². The van der Waals surface area contributed by atoms with E-state index in [9.17, 15) is 13.2 Å². The minimum Gasteiger partial charge on any atom is -0.166 e. The molecule has 0 nitrogen and oxygen atoms in total. The summed E-state index contributed by atoms with van der Waals surface area (Å²) in [5, 5.41) is 0. The number of hydrogen-bond acceptors (Lipinski definition) is 1. The first-order chi connectivity index (χ1) is 9.00. The highest BCUT2D eigenvalue weighted by molar-refractivity contribution is 7.99. The van der Waals surface area contributed by atoms with Crippen LogP contribution in [0.25, 0.3) is 0 Å². The zero-order valence-corrected chi connectivity index (χ0v) is 11.2.